The van der Waals surface area contributed by atoms with Crippen LogP contribution in [0, 0.1) is 6.90 Å². The molecule has 0 unspecified atom stereocenters. The van der Waals surface area contributed by atoms with Crippen molar-refractivity contribution in [2.75, 3.05) is 0 Å². The van der Waals surface area contributed by atoms with Crippen molar-refractivity contribution in [2.45, 2.75) is 6.90 Å². The Hall–Kier alpha value is -0.300. The van der Waals surface area contributed by atoms with Crippen LogP contribution >= 0.6 is 15.9 Å². The molecule has 42 valence electrons. The quantitative estimate of drug-likeness (QED) is 0.564. The van der Waals surface area contributed by atoms with E-state index in [-0.39, 0.29) is 0 Å². The van der Waals surface area contributed by atoms with Crippen LogP contribution in [-0.4, -0.2) is 0 Å². The Balaban J connectivity index is 2.94. The Morgan fingerprint density at radius 3 is 3.00 bits per heavy atom. The molecule has 0 atom stereocenters. The molecule has 8 heavy (non-hydrogen) atoms. The van der Waals surface area contributed by atoms with E-state index >= 15 is 0 Å². The van der Waals surface area contributed by atoms with Gasteiger partial charge in [0.15, 0.2) is 0 Å². The van der Waals surface area contributed by atoms with Gasteiger partial charge in [-0.1, -0.05) is 33.6 Å². The maximum Gasteiger partial charge on any atom is 0.0280 e. The molecule has 0 bridgehead atoms. The van der Waals surface area contributed by atoms with Crippen LogP contribution in [-0.2, 0) is 0 Å². The van der Waals surface area contributed by atoms with Crippen LogP contribution in [0.5, 0.6) is 0 Å². The van der Waals surface area contributed by atoms with Crippen molar-refractivity contribution >= 4 is 15.9 Å². The normalized spacial score (nSPS) is 10.9. The topological polar surface area (TPSA) is 0 Å². The molecular weight excluding hydrogens is 164 g/mol. The van der Waals surface area contributed by atoms with Crippen LogP contribution in [0.25, 0.3) is 0 Å². The summed E-state index contributed by atoms with van der Waals surface area (Å²) in [5, 5.41) is 0. The first kappa shape index (κ1) is 4.57. The highest BCUT2D eigenvalue weighted by atomic mass is 79.9. The molecule has 0 spiro atoms. The zero-order valence-corrected chi connectivity index (χ0v) is 5.98. The molecule has 1 rings (SSSR count). The molecular formula is C7H7Br. The maximum atomic E-state index is 7.02. The van der Waals surface area contributed by atoms with E-state index in [9.17, 15) is 0 Å². The first-order chi connectivity index (χ1) is 4.33. The number of halogens is 1. The van der Waals surface area contributed by atoms with E-state index in [2.05, 4.69) is 15.9 Å². The Morgan fingerprint density at radius 1 is 1.62 bits per heavy atom. The van der Waals surface area contributed by atoms with Crippen LogP contribution in [0.1, 0.15) is 6.93 Å². The second-order valence-corrected chi connectivity index (χ2v) is 2.55. The summed E-state index contributed by atoms with van der Waals surface area (Å²) in [4.78, 5) is 0. The number of aryl methyl sites for hydroxylation is 1. The van der Waals surface area contributed by atoms with E-state index in [4.69, 9.17) is 1.37 Å². The third-order valence-electron chi connectivity index (χ3n) is 0.889. The number of rotatable bonds is 0. The fourth-order valence-corrected chi connectivity index (χ4v) is 0.984. The minimum atomic E-state index is 0.361. The zero-order valence-electron chi connectivity index (χ0n) is 5.39. The standard InChI is InChI=1S/C7H7Br/c1-6-3-2-4-7(8)5-6/h2-5H,1H3/i1D. The van der Waals surface area contributed by atoms with Gasteiger partial charge in [0.2, 0.25) is 0 Å². The van der Waals surface area contributed by atoms with Crippen LogP contribution < -0.4 is 0 Å². The molecule has 0 amide bonds. The van der Waals surface area contributed by atoms with Crippen LogP contribution in [0.3, 0.4) is 0 Å². The monoisotopic (exact) mass is 171 g/mol. The molecule has 0 aromatic heterocycles. The van der Waals surface area contributed by atoms with Gasteiger partial charge >= 0.3 is 0 Å². The van der Waals surface area contributed by atoms with E-state index in [1.807, 2.05) is 24.3 Å². The Labute approximate surface area is 59.1 Å². The third-order valence-corrected chi connectivity index (χ3v) is 1.38. The van der Waals surface area contributed by atoms with Gasteiger partial charge in [0.1, 0.15) is 0 Å². The predicted octanol–water partition coefficient (Wildman–Crippen LogP) is 2.76. The average Bonchev–Trinajstić information content (AvgIpc) is 1.88. The van der Waals surface area contributed by atoms with Gasteiger partial charge in [0.05, 0.1) is 0 Å². The van der Waals surface area contributed by atoms with E-state index in [0.717, 1.165) is 10.0 Å². The second kappa shape index (κ2) is 2.31. The Bertz CT molecular complexity index is 198. The van der Waals surface area contributed by atoms with Crippen molar-refractivity contribution in [3.63, 3.8) is 0 Å². The molecule has 0 aliphatic heterocycles. The second-order valence-electron chi connectivity index (χ2n) is 1.63. The molecule has 0 heterocycles. The Morgan fingerprint density at radius 2 is 2.50 bits per heavy atom. The maximum absolute atomic E-state index is 7.02. The molecule has 1 aromatic rings. The highest BCUT2D eigenvalue weighted by Gasteiger charge is 1.82. The summed E-state index contributed by atoms with van der Waals surface area (Å²) in [5.74, 6) is 0. The summed E-state index contributed by atoms with van der Waals surface area (Å²) in [7, 11) is 0. The first-order valence-corrected chi connectivity index (χ1v) is 3.16. The fourth-order valence-electron chi connectivity index (χ4n) is 0.537. The predicted molar refractivity (Wildman–Crippen MR) is 38.9 cm³/mol. The van der Waals surface area contributed by atoms with Gasteiger partial charge in [-0.25, -0.2) is 0 Å². The average molecular weight is 172 g/mol. The fraction of sp³-hybridized carbons (Fsp3) is 0.143. The Kier molecular flexibility index (Phi) is 1.32. The van der Waals surface area contributed by atoms with Gasteiger partial charge < -0.3 is 0 Å². The van der Waals surface area contributed by atoms with Gasteiger partial charge in [0.25, 0.3) is 0 Å². The molecule has 0 saturated carbocycles. The highest BCUT2D eigenvalue weighted by Crippen LogP contribution is 2.09. The number of hydrogen-bond acceptors (Lipinski definition) is 0. The summed E-state index contributed by atoms with van der Waals surface area (Å²) in [6.07, 6.45) is 0. The van der Waals surface area contributed by atoms with Crippen LogP contribution in [0.4, 0.5) is 0 Å². The lowest BCUT2D eigenvalue weighted by Gasteiger charge is -1.89. The van der Waals surface area contributed by atoms with Gasteiger partial charge in [0, 0.05) is 5.84 Å². The summed E-state index contributed by atoms with van der Waals surface area (Å²) in [5.41, 5.74) is 1.05. The lowest BCUT2D eigenvalue weighted by Crippen LogP contribution is -1.67. The molecule has 1 aromatic carbocycles. The van der Waals surface area contributed by atoms with Gasteiger partial charge in [-0.05, 0) is 19.0 Å². The van der Waals surface area contributed by atoms with Crippen molar-refractivity contribution in [1.82, 2.24) is 0 Å². The van der Waals surface area contributed by atoms with E-state index < -0.39 is 0 Å². The summed E-state index contributed by atoms with van der Waals surface area (Å²) < 4.78 is 8.07. The van der Waals surface area contributed by atoms with E-state index in [0.29, 0.717) is 6.90 Å². The molecule has 0 saturated heterocycles. The van der Waals surface area contributed by atoms with Crippen molar-refractivity contribution in [1.29, 1.82) is 0 Å². The largest absolute Gasteiger partial charge is 0.0609 e. The molecule has 0 aliphatic rings. The van der Waals surface area contributed by atoms with Gasteiger partial charge in [-0.2, -0.15) is 0 Å². The molecule has 0 nitrogen and oxygen atoms in total. The molecule has 0 radical (unpaired) electrons. The lowest BCUT2D eigenvalue weighted by molar-refractivity contribution is 1.45. The first-order valence-electron chi connectivity index (χ1n) is 3.07. The van der Waals surface area contributed by atoms with Crippen LogP contribution in [0.2, 0.25) is 0 Å². The van der Waals surface area contributed by atoms with Crippen molar-refractivity contribution in [3.05, 3.63) is 34.3 Å². The minimum Gasteiger partial charge on any atom is -0.0609 e. The van der Waals surface area contributed by atoms with E-state index in [1.54, 1.807) is 0 Å². The molecule has 0 N–H and O–H groups in total. The van der Waals surface area contributed by atoms with Crippen LogP contribution in [0.15, 0.2) is 28.7 Å². The summed E-state index contributed by atoms with van der Waals surface area (Å²) >= 11 is 3.32. The van der Waals surface area contributed by atoms with Gasteiger partial charge in [-0.3, -0.25) is 0 Å². The summed E-state index contributed by atoms with van der Waals surface area (Å²) in [6.45, 7) is 0.361. The van der Waals surface area contributed by atoms with Crippen molar-refractivity contribution < 1.29 is 1.37 Å². The molecule has 1 heteroatoms. The third kappa shape index (κ3) is 1.34. The van der Waals surface area contributed by atoms with Crippen molar-refractivity contribution in [3.8, 4) is 0 Å². The minimum absolute atomic E-state index is 0.361. The lowest BCUT2D eigenvalue weighted by atomic mass is 10.2. The van der Waals surface area contributed by atoms with E-state index in [1.165, 1.54) is 0 Å². The number of hydrogen-bond donors (Lipinski definition) is 0. The zero-order chi connectivity index (χ0) is 6.69. The molecule has 0 fully saturated rings. The summed E-state index contributed by atoms with van der Waals surface area (Å²) in [6, 6.07) is 7.79. The smallest absolute Gasteiger partial charge is 0.0280 e. The highest BCUT2D eigenvalue weighted by molar-refractivity contribution is 9.10. The van der Waals surface area contributed by atoms with Crippen molar-refractivity contribution in [2.24, 2.45) is 0 Å². The number of benzene rings is 1. The SMILES string of the molecule is [2H]Cc1cccc(Br)c1. The molecule has 0 aliphatic carbocycles. The van der Waals surface area contributed by atoms with Gasteiger partial charge in [-0.15, -0.1) is 0 Å².